The van der Waals surface area contributed by atoms with E-state index in [2.05, 4.69) is 56.3 Å². The minimum absolute atomic E-state index is 0.559. The van der Waals surface area contributed by atoms with Crippen molar-refractivity contribution >= 4 is 0 Å². The molecule has 0 bridgehead atoms. The first-order chi connectivity index (χ1) is 5.20. The summed E-state index contributed by atoms with van der Waals surface area (Å²) in [6.07, 6.45) is 10.8. The van der Waals surface area contributed by atoms with Gasteiger partial charge in [-0.3, -0.25) is 0 Å². The van der Waals surface area contributed by atoms with Crippen molar-refractivity contribution in [1.82, 2.24) is 4.90 Å². The molecule has 1 atom stereocenters. The van der Waals surface area contributed by atoms with E-state index >= 15 is 0 Å². The van der Waals surface area contributed by atoms with Gasteiger partial charge in [0.25, 0.3) is 0 Å². The van der Waals surface area contributed by atoms with Gasteiger partial charge in [-0.15, -0.1) is 0 Å². The molecule has 0 radical (unpaired) electrons. The van der Waals surface area contributed by atoms with Gasteiger partial charge in [-0.2, -0.15) is 0 Å². The van der Waals surface area contributed by atoms with Crippen LogP contribution in [-0.2, 0) is 0 Å². The van der Waals surface area contributed by atoms with Gasteiger partial charge < -0.3 is 4.90 Å². The molecule has 0 heterocycles. The van der Waals surface area contributed by atoms with Crippen molar-refractivity contribution in [1.29, 1.82) is 0 Å². The molecule has 60 valence electrons. The largest absolute Gasteiger partial charge is 0.378 e. The molecule has 0 amide bonds. The fourth-order valence-electron chi connectivity index (χ4n) is 0.998. The Kier molecular flexibility index (Phi) is 2.53. The summed E-state index contributed by atoms with van der Waals surface area (Å²) in [5.41, 5.74) is 1.26. The van der Waals surface area contributed by atoms with Crippen molar-refractivity contribution in [3.8, 4) is 0 Å². The molecule has 1 rings (SSSR count). The van der Waals surface area contributed by atoms with Gasteiger partial charge in [0.15, 0.2) is 0 Å². The molecule has 1 heteroatoms. The average Bonchev–Trinajstić information content (AvgIpc) is 2.13. The standard InChI is InChI=1S/C10H15N/c1-9-5-4-6-10(8-7-9)11(2)3/h4-9H,1-3H3. The number of likely N-dealkylation sites (N-methyl/N-ethyl adjacent to an activating group) is 1. The molecule has 0 aromatic heterocycles. The Labute approximate surface area is 68.7 Å². The molecular weight excluding hydrogens is 134 g/mol. The predicted molar refractivity (Wildman–Crippen MR) is 49.2 cm³/mol. The summed E-state index contributed by atoms with van der Waals surface area (Å²) in [4.78, 5) is 2.11. The second kappa shape index (κ2) is 3.42. The SMILES string of the molecule is CC1C=CC=C(N(C)C)C=C1. The maximum atomic E-state index is 2.20. The molecular formula is C10H15N. The molecule has 1 unspecified atom stereocenters. The van der Waals surface area contributed by atoms with Gasteiger partial charge >= 0.3 is 0 Å². The lowest BCUT2D eigenvalue weighted by molar-refractivity contribution is 0.530. The summed E-state index contributed by atoms with van der Waals surface area (Å²) >= 11 is 0. The zero-order valence-electron chi connectivity index (χ0n) is 7.41. The molecule has 1 aliphatic rings. The van der Waals surface area contributed by atoms with Gasteiger partial charge in [0.05, 0.1) is 0 Å². The monoisotopic (exact) mass is 149 g/mol. The Balaban J connectivity index is 2.76. The summed E-state index contributed by atoms with van der Waals surface area (Å²) in [5, 5.41) is 0. The van der Waals surface area contributed by atoms with Crippen LogP contribution >= 0.6 is 0 Å². The number of hydrogen-bond donors (Lipinski definition) is 0. The zero-order chi connectivity index (χ0) is 8.27. The lowest BCUT2D eigenvalue weighted by atomic mass is 10.2. The van der Waals surface area contributed by atoms with Crippen molar-refractivity contribution in [2.45, 2.75) is 6.92 Å². The minimum atomic E-state index is 0.559. The molecule has 11 heavy (non-hydrogen) atoms. The molecule has 0 aromatic rings. The maximum Gasteiger partial charge on any atom is 0.0357 e. The fourth-order valence-corrected chi connectivity index (χ4v) is 0.998. The van der Waals surface area contributed by atoms with Crippen molar-refractivity contribution < 1.29 is 0 Å². The number of hydrogen-bond acceptors (Lipinski definition) is 1. The van der Waals surface area contributed by atoms with Crippen molar-refractivity contribution in [3.63, 3.8) is 0 Å². The van der Waals surface area contributed by atoms with E-state index in [1.54, 1.807) is 0 Å². The Hall–Kier alpha value is -0.980. The van der Waals surface area contributed by atoms with Crippen LogP contribution < -0.4 is 0 Å². The summed E-state index contributed by atoms with van der Waals surface area (Å²) in [5.74, 6) is 0.559. The van der Waals surface area contributed by atoms with Crippen molar-refractivity contribution in [3.05, 3.63) is 36.1 Å². The van der Waals surface area contributed by atoms with Gasteiger partial charge in [-0.25, -0.2) is 0 Å². The van der Waals surface area contributed by atoms with Crippen molar-refractivity contribution in [2.75, 3.05) is 14.1 Å². The third-order valence-electron chi connectivity index (χ3n) is 1.77. The van der Waals surface area contributed by atoms with Crippen LogP contribution in [0.1, 0.15) is 6.92 Å². The van der Waals surface area contributed by atoms with Crippen molar-refractivity contribution in [2.24, 2.45) is 5.92 Å². The quantitative estimate of drug-likeness (QED) is 0.552. The highest BCUT2D eigenvalue weighted by molar-refractivity contribution is 5.26. The minimum Gasteiger partial charge on any atom is -0.378 e. The van der Waals surface area contributed by atoms with Gasteiger partial charge in [-0.05, 0) is 18.1 Å². The fraction of sp³-hybridized carbons (Fsp3) is 0.400. The van der Waals surface area contributed by atoms with Crippen LogP contribution in [0.2, 0.25) is 0 Å². The molecule has 0 spiro atoms. The highest BCUT2D eigenvalue weighted by Gasteiger charge is 1.97. The number of rotatable bonds is 1. The highest BCUT2D eigenvalue weighted by atomic mass is 15.1. The molecule has 0 saturated carbocycles. The van der Waals surface area contributed by atoms with Gasteiger partial charge in [0, 0.05) is 19.8 Å². The van der Waals surface area contributed by atoms with E-state index in [4.69, 9.17) is 0 Å². The first-order valence-electron chi connectivity index (χ1n) is 3.94. The summed E-state index contributed by atoms with van der Waals surface area (Å²) in [6, 6.07) is 0. The number of allylic oxidation sites excluding steroid dienone is 5. The van der Waals surface area contributed by atoms with Gasteiger partial charge in [-0.1, -0.05) is 25.2 Å². The molecule has 1 aliphatic carbocycles. The van der Waals surface area contributed by atoms with Crippen LogP contribution in [0.5, 0.6) is 0 Å². The maximum absolute atomic E-state index is 2.20. The Morgan fingerprint density at radius 2 is 2.00 bits per heavy atom. The predicted octanol–water partition coefficient (Wildman–Crippen LogP) is 2.19. The van der Waals surface area contributed by atoms with Crippen LogP contribution in [0.3, 0.4) is 0 Å². The second-order valence-corrected chi connectivity index (χ2v) is 3.09. The van der Waals surface area contributed by atoms with E-state index in [-0.39, 0.29) is 0 Å². The average molecular weight is 149 g/mol. The van der Waals surface area contributed by atoms with E-state index in [0.29, 0.717) is 5.92 Å². The third kappa shape index (κ3) is 2.26. The van der Waals surface area contributed by atoms with E-state index < -0.39 is 0 Å². The smallest absolute Gasteiger partial charge is 0.0357 e. The van der Waals surface area contributed by atoms with E-state index in [9.17, 15) is 0 Å². The zero-order valence-corrected chi connectivity index (χ0v) is 7.41. The van der Waals surface area contributed by atoms with Crippen LogP contribution in [0.4, 0.5) is 0 Å². The van der Waals surface area contributed by atoms with E-state index in [1.165, 1.54) is 5.70 Å². The summed E-state index contributed by atoms with van der Waals surface area (Å²) in [7, 11) is 4.11. The molecule has 0 aromatic carbocycles. The van der Waals surface area contributed by atoms with Crippen LogP contribution in [-0.4, -0.2) is 19.0 Å². The molecule has 1 nitrogen and oxygen atoms in total. The van der Waals surface area contributed by atoms with Gasteiger partial charge in [0.2, 0.25) is 0 Å². The van der Waals surface area contributed by atoms with E-state index in [1.807, 2.05) is 0 Å². The van der Waals surface area contributed by atoms with Gasteiger partial charge in [0.1, 0.15) is 0 Å². The molecule has 0 saturated heterocycles. The van der Waals surface area contributed by atoms with Crippen LogP contribution in [0.25, 0.3) is 0 Å². The highest BCUT2D eigenvalue weighted by Crippen LogP contribution is 2.10. The Morgan fingerprint density at radius 3 is 2.64 bits per heavy atom. The topological polar surface area (TPSA) is 3.24 Å². The lowest BCUT2D eigenvalue weighted by Crippen LogP contribution is -2.08. The first kappa shape index (κ1) is 8.12. The molecule has 0 fully saturated rings. The molecule has 0 aliphatic heterocycles. The number of nitrogens with zero attached hydrogens (tertiary/aromatic N) is 1. The normalized spacial score (nSPS) is 22.8. The third-order valence-corrected chi connectivity index (χ3v) is 1.77. The first-order valence-corrected chi connectivity index (χ1v) is 3.94. The lowest BCUT2D eigenvalue weighted by Gasteiger charge is -2.12. The second-order valence-electron chi connectivity index (χ2n) is 3.09. The Morgan fingerprint density at radius 1 is 1.27 bits per heavy atom. The van der Waals surface area contributed by atoms with Crippen LogP contribution in [0.15, 0.2) is 36.1 Å². The summed E-state index contributed by atoms with van der Waals surface area (Å²) in [6.45, 7) is 2.18. The Bertz CT molecular complexity index is 209. The van der Waals surface area contributed by atoms with Crippen LogP contribution in [0, 0.1) is 5.92 Å². The molecule has 0 N–H and O–H groups in total. The van der Waals surface area contributed by atoms with E-state index in [0.717, 1.165) is 0 Å². The summed E-state index contributed by atoms with van der Waals surface area (Å²) < 4.78 is 0.